The fourth-order valence-corrected chi connectivity index (χ4v) is 3.36. The average Bonchev–Trinajstić information content (AvgIpc) is 3.02. The second-order valence-electron chi connectivity index (χ2n) is 6.65. The summed E-state index contributed by atoms with van der Waals surface area (Å²) in [5.41, 5.74) is 1.92. The first-order valence-electron chi connectivity index (χ1n) is 8.89. The highest BCUT2D eigenvalue weighted by Gasteiger charge is 2.23. The van der Waals surface area contributed by atoms with Crippen LogP contribution in [0, 0.1) is 13.8 Å². The highest BCUT2D eigenvalue weighted by molar-refractivity contribution is 5.52. The van der Waals surface area contributed by atoms with Crippen LogP contribution in [-0.2, 0) is 0 Å². The van der Waals surface area contributed by atoms with Gasteiger partial charge in [-0.15, -0.1) is 15.3 Å². The van der Waals surface area contributed by atoms with Crippen LogP contribution in [0.15, 0.2) is 30.3 Å². The molecule has 1 fully saturated rings. The first kappa shape index (κ1) is 16.6. The lowest BCUT2D eigenvalue weighted by Gasteiger charge is -2.33. The van der Waals surface area contributed by atoms with E-state index < -0.39 is 0 Å². The molecular weight excluding hydrogens is 330 g/mol. The van der Waals surface area contributed by atoms with E-state index in [9.17, 15) is 0 Å². The zero-order chi connectivity index (χ0) is 18.1. The summed E-state index contributed by atoms with van der Waals surface area (Å²) >= 11 is 0. The molecule has 136 valence electrons. The maximum atomic E-state index is 6.12. The summed E-state index contributed by atoms with van der Waals surface area (Å²) in [4.78, 5) is 2.32. The second-order valence-corrected chi connectivity index (χ2v) is 6.65. The smallest absolute Gasteiger partial charge is 0.178 e. The first-order valence-corrected chi connectivity index (χ1v) is 8.89. The number of hydrogen-bond donors (Lipinski definition) is 0. The van der Waals surface area contributed by atoms with Crippen molar-refractivity contribution in [2.45, 2.75) is 32.8 Å². The molecule has 26 heavy (non-hydrogen) atoms. The Morgan fingerprint density at radius 3 is 2.38 bits per heavy atom. The predicted molar refractivity (Wildman–Crippen MR) is 99.1 cm³/mol. The fraction of sp³-hybridized carbons (Fsp3) is 0.421. The van der Waals surface area contributed by atoms with Crippen LogP contribution in [0.4, 0.5) is 5.82 Å². The minimum atomic E-state index is 0.223. The standard InChI is InChI=1S/C19H23N5O2/c1-13-12-18-21-20-14(2)24(18)22-19(13)23-10-8-17(9-11-23)26-16-6-4-15(25-3)5-7-16/h4-7,12,17H,8-11H2,1-3H3. The van der Waals surface area contributed by atoms with Gasteiger partial charge < -0.3 is 14.4 Å². The molecule has 0 aliphatic carbocycles. The van der Waals surface area contributed by atoms with Crippen LogP contribution in [0.5, 0.6) is 11.5 Å². The maximum absolute atomic E-state index is 6.12. The SMILES string of the molecule is COc1ccc(OC2CCN(c3nn4c(C)nnc4cc3C)CC2)cc1. The number of piperidine rings is 1. The zero-order valence-corrected chi connectivity index (χ0v) is 15.3. The van der Waals surface area contributed by atoms with Crippen LogP contribution in [-0.4, -0.2) is 46.1 Å². The minimum Gasteiger partial charge on any atom is -0.497 e. The van der Waals surface area contributed by atoms with Gasteiger partial charge in [0.05, 0.1) is 7.11 Å². The number of fused-ring (bicyclic) bond motifs is 1. The molecule has 0 spiro atoms. The van der Waals surface area contributed by atoms with E-state index in [1.54, 1.807) is 7.11 Å². The van der Waals surface area contributed by atoms with Crippen molar-refractivity contribution >= 4 is 11.5 Å². The third kappa shape index (κ3) is 3.16. The molecule has 0 saturated carbocycles. The van der Waals surface area contributed by atoms with E-state index in [-0.39, 0.29) is 6.10 Å². The lowest BCUT2D eigenvalue weighted by molar-refractivity contribution is 0.170. The monoisotopic (exact) mass is 353 g/mol. The molecule has 1 aromatic carbocycles. The van der Waals surface area contributed by atoms with Crippen LogP contribution in [0.2, 0.25) is 0 Å². The van der Waals surface area contributed by atoms with Gasteiger partial charge in [0.15, 0.2) is 17.3 Å². The van der Waals surface area contributed by atoms with Gasteiger partial charge in [0.1, 0.15) is 17.6 Å². The summed E-state index contributed by atoms with van der Waals surface area (Å²) in [6, 6.07) is 9.81. The predicted octanol–water partition coefficient (Wildman–Crippen LogP) is 2.80. The number of aromatic nitrogens is 4. The Labute approximate surface area is 152 Å². The molecule has 0 amide bonds. The summed E-state index contributed by atoms with van der Waals surface area (Å²) < 4.78 is 13.1. The van der Waals surface area contributed by atoms with Gasteiger partial charge in [0, 0.05) is 25.9 Å². The molecule has 0 radical (unpaired) electrons. The normalized spacial score (nSPS) is 15.4. The van der Waals surface area contributed by atoms with Crippen LogP contribution in [0.1, 0.15) is 24.2 Å². The number of anilines is 1. The van der Waals surface area contributed by atoms with Gasteiger partial charge in [0.25, 0.3) is 0 Å². The van der Waals surface area contributed by atoms with Crippen molar-refractivity contribution in [1.82, 2.24) is 19.8 Å². The van der Waals surface area contributed by atoms with Crippen molar-refractivity contribution in [3.63, 3.8) is 0 Å². The van der Waals surface area contributed by atoms with Crippen LogP contribution >= 0.6 is 0 Å². The number of rotatable bonds is 4. The van der Waals surface area contributed by atoms with Crippen molar-refractivity contribution in [1.29, 1.82) is 0 Å². The van der Waals surface area contributed by atoms with E-state index in [1.165, 1.54) is 0 Å². The number of hydrogen-bond acceptors (Lipinski definition) is 6. The Kier molecular flexibility index (Phi) is 4.36. The number of nitrogens with zero attached hydrogens (tertiary/aromatic N) is 5. The summed E-state index contributed by atoms with van der Waals surface area (Å²) in [7, 11) is 1.67. The molecule has 1 aliphatic rings. The topological polar surface area (TPSA) is 64.8 Å². The molecule has 1 saturated heterocycles. The largest absolute Gasteiger partial charge is 0.497 e. The van der Waals surface area contributed by atoms with E-state index in [4.69, 9.17) is 14.6 Å². The summed E-state index contributed by atoms with van der Waals surface area (Å²) in [5.74, 6) is 3.54. The van der Waals surface area contributed by atoms with E-state index in [0.29, 0.717) is 0 Å². The number of ether oxygens (including phenoxy) is 2. The Bertz CT molecular complexity index is 898. The third-order valence-electron chi connectivity index (χ3n) is 4.82. The van der Waals surface area contributed by atoms with E-state index in [1.807, 2.05) is 41.8 Å². The van der Waals surface area contributed by atoms with Crippen molar-refractivity contribution in [3.8, 4) is 11.5 Å². The molecule has 0 N–H and O–H groups in total. The highest BCUT2D eigenvalue weighted by atomic mass is 16.5. The molecule has 3 heterocycles. The van der Waals surface area contributed by atoms with Crippen LogP contribution in [0.25, 0.3) is 5.65 Å². The molecule has 7 nitrogen and oxygen atoms in total. The van der Waals surface area contributed by atoms with Gasteiger partial charge in [-0.05, 0) is 49.7 Å². The van der Waals surface area contributed by atoms with Crippen LogP contribution < -0.4 is 14.4 Å². The average molecular weight is 353 g/mol. The van der Waals surface area contributed by atoms with Gasteiger partial charge in [-0.25, -0.2) is 0 Å². The summed E-state index contributed by atoms with van der Waals surface area (Å²) in [6.07, 6.45) is 2.15. The molecule has 4 rings (SSSR count). The minimum absolute atomic E-state index is 0.223. The lowest BCUT2D eigenvalue weighted by Crippen LogP contribution is -2.39. The lowest BCUT2D eigenvalue weighted by atomic mass is 10.1. The van der Waals surface area contributed by atoms with Crippen molar-refractivity contribution in [3.05, 3.63) is 41.7 Å². The molecule has 0 unspecified atom stereocenters. The van der Waals surface area contributed by atoms with Crippen molar-refractivity contribution in [2.24, 2.45) is 0 Å². The second kappa shape index (κ2) is 6.82. The molecule has 7 heteroatoms. The van der Waals surface area contributed by atoms with E-state index in [2.05, 4.69) is 22.0 Å². The van der Waals surface area contributed by atoms with E-state index >= 15 is 0 Å². The molecule has 1 aliphatic heterocycles. The van der Waals surface area contributed by atoms with Gasteiger partial charge in [0.2, 0.25) is 0 Å². The van der Waals surface area contributed by atoms with Crippen LogP contribution in [0.3, 0.4) is 0 Å². The summed E-state index contributed by atoms with van der Waals surface area (Å²) in [5, 5.41) is 13.0. The summed E-state index contributed by atoms with van der Waals surface area (Å²) in [6.45, 7) is 5.83. The molecular formula is C19H23N5O2. The Balaban J connectivity index is 1.43. The van der Waals surface area contributed by atoms with Gasteiger partial charge in [-0.1, -0.05) is 0 Å². The maximum Gasteiger partial charge on any atom is 0.178 e. The van der Waals surface area contributed by atoms with Gasteiger partial charge >= 0.3 is 0 Å². The zero-order valence-electron chi connectivity index (χ0n) is 15.3. The molecule has 0 bridgehead atoms. The quantitative estimate of drug-likeness (QED) is 0.719. The van der Waals surface area contributed by atoms with E-state index in [0.717, 1.165) is 60.3 Å². The van der Waals surface area contributed by atoms with Crippen molar-refractivity contribution < 1.29 is 9.47 Å². The third-order valence-corrected chi connectivity index (χ3v) is 4.82. The highest BCUT2D eigenvalue weighted by Crippen LogP contribution is 2.25. The molecule has 0 atom stereocenters. The fourth-order valence-electron chi connectivity index (χ4n) is 3.36. The van der Waals surface area contributed by atoms with Gasteiger partial charge in [-0.2, -0.15) is 4.52 Å². The Morgan fingerprint density at radius 2 is 1.69 bits per heavy atom. The molecule has 3 aromatic rings. The molecule has 2 aromatic heterocycles. The Morgan fingerprint density at radius 1 is 1.00 bits per heavy atom. The van der Waals surface area contributed by atoms with Crippen molar-refractivity contribution in [2.75, 3.05) is 25.1 Å². The van der Waals surface area contributed by atoms with Gasteiger partial charge in [-0.3, -0.25) is 0 Å². The number of methoxy groups -OCH3 is 1. The first-order chi connectivity index (χ1) is 12.6. The Hall–Kier alpha value is -2.83. The number of benzene rings is 1. The number of aryl methyl sites for hydroxylation is 2.